The first-order valence-electron chi connectivity index (χ1n) is 21.1. The van der Waals surface area contributed by atoms with Crippen LogP contribution in [0.5, 0.6) is 0 Å². The Morgan fingerprint density at radius 1 is 0.213 bits per heavy atom. The van der Waals surface area contributed by atoms with Crippen LogP contribution in [0.2, 0.25) is 0 Å². The third kappa shape index (κ3) is 5.59. The van der Waals surface area contributed by atoms with Gasteiger partial charge in [0.1, 0.15) is 0 Å². The van der Waals surface area contributed by atoms with Gasteiger partial charge in [-0.2, -0.15) is 0 Å². The molecule has 1 heteroatoms. The van der Waals surface area contributed by atoms with Gasteiger partial charge in [-0.3, -0.25) is 0 Å². The van der Waals surface area contributed by atoms with Crippen LogP contribution in [0.25, 0.3) is 89.3 Å². The number of aromatic nitrogens is 1. The van der Waals surface area contributed by atoms with Crippen molar-refractivity contribution >= 4 is 0 Å². The second kappa shape index (κ2) is 14.2. The van der Waals surface area contributed by atoms with Crippen LogP contribution < -0.4 is 0 Å². The largest absolute Gasteiger partial charge is 0.248 e. The Hall–Kier alpha value is -7.87. The summed E-state index contributed by atoms with van der Waals surface area (Å²) in [6, 6.07) is 86.5. The zero-order valence-electron chi connectivity index (χ0n) is 33.5. The van der Waals surface area contributed by atoms with E-state index < -0.39 is 5.41 Å². The van der Waals surface area contributed by atoms with Crippen LogP contribution in [0.3, 0.4) is 0 Å². The molecule has 0 aliphatic heterocycles. The highest BCUT2D eigenvalue weighted by Gasteiger charge is 2.51. The fourth-order valence-corrected chi connectivity index (χ4v) is 10.2. The van der Waals surface area contributed by atoms with Gasteiger partial charge in [-0.1, -0.05) is 200 Å². The van der Waals surface area contributed by atoms with Gasteiger partial charge in [0.15, 0.2) is 0 Å². The van der Waals surface area contributed by atoms with Gasteiger partial charge in [0.2, 0.25) is 0 Å². The number of benzene rings is 9. The molecule has 0 unspecified atom stereocenters. The summed E-state index contributed by atoms with van der Waals surface area (Å²) < 4.78 is 0. The third-order valence-corrected chi connectivity index (χ3v) is 12.9. The molecule has 2 aliphatic rings. The van der Waals surface area contributed by atoms with Gasteiger partial charge < -0.3 is 0 Å². The maximum atomic E-state index is 5.26. The number of nitrogens with zero attached hydrogens (tertiary/aromatic N) is 1. The van der Waals surface area contributed by atoms with Crippen molar-refractivity contribution < 1.29 is 0 Å². The first kappa shape index (κ1) is 35.1. The molecule has 0 radical (unpaired) electrons. The lowest BCUT2D eigenvalue weighted by Gasteiger charge is -2.31. The number of hydrogen-bond donors (Lipinski definition) is 0. The summed E-state index contributed by atoms with van der Waals surface area (Å²) in [5, 5.41) is 0. The molecule has 9 aromatic carbocycles. The molecule has 1 aromatic heterocycles. The van der Waals surface area contributed by atoms with E-state index in [1.54, 1.807) is 0 Å². The topological polar surface area (TPSA) is 12.9 Å². The van der Waals surface area contributed by atoms with E-state index in [0.717, 1.165) is 39.2 Å². The Kier molecular flexibility index (Phi) is 8.15. The van der Waals surface area contributed by atoms with Gasteiger partial charge >= 0.3 is 0 Å². The Labute approximate surface area is 357 Å². The zero-order chi connectivity index (χ0) is 40.3. The molecule has 1 spiro atoms. The molecule has 0 atom stereocenters. The molecular weight excluding hydrogens is 735 g/mol. The highest BCUT2D eigenvalue weighted by atomic mass is 14.7. The maximum Gasteiger partial charge on any atom is 0.0725 e. The van der Waals surface area contributed by atoms with Gasteiger partial charge in [0.05, 0.1) is 16.8 Å². The first-order chi connectivity index (χ1) is 30.2. The summed E-state index contributed by atoms with van der Waals surface area (Å²) in [6.45, 7) is 0. The molecule has 0 N–H and O–H groups in total. The highest BCUT2D eigenvalue weighted by Crippen LogP contribution is 2.63. The SMILES string of the molecule is c1ccc(-c2cc(-c3ccccc3)nc(-c3cccc(-c4cccc(-c5cc6c(cc5-c5ccccc5)-c5ccccc5C65c6ccccc6-c6ccccc65)c4)c3)c2)cc1. The minimum atomic E-state index is -0.422. The second-order valence-electron chi connectivity index (χ2n) is 16.2. The van der Waals surface area contributed by atoms with E-state index in [2.05, 4.69) is 237 Å². The van der Waals surface area contributed by atoms with Crippen molar-refractivity contribution in [3.63, 3.8) is 0 Å². The summed E-state index contributed by atoms with van der Waals surface area (Å²) in [6.07, 6.45) is 0. The van der Waals surface area contributed by atoms with Crippen LogP contribution in [0, 0.1) is 0 Å². The van der Waals surface area contributed by atoms with Crippen molar-refractivity contribution in [3.05, 3.63) is 259 Å². The Morgan fingerprint density at radius 3 is 1.21 bits per heavy atom. The molecule has 284 valence electrons. The lowest BCUT2D eigenvalue weighted by molar-refractivity contribution is 0.794. The van der Waals surface area contributed by atoms with Crippen LogP contribution in [-0.4, -0.2) is 4.98 Å². The first-order valence-corrected chi connectivity index (χ1v) is 21.1. The van der Waals surface area contributed by atoms with Crippen molar-refractivity contribution in [1.29, 1.82) is 0 Å². The smallest absolute Gasteiger partial charge is 0.0725 e. The standard InChI is InChI=1S/C60H39N/c1-4-18-40(19-5-1)47-36-58(42-22-8-3-9-23-42)61-59(37-47)46-27-17-25-44(35-46)43-24-16-26-45(34-43)52-39-57-53(38-51(52)41-20-6-2-7-21-41)50-30-12-15-33-56(50)60(57)54-31-13-10-28-48(54)49-29-11-14-32-55(49)60/h1-39H. The van der Waals surface area contributed by atoms with Crippen molar-refractivity contribution in [2.75, 3.05) is 0 Å². The highest BCUT2D eigenvalue weighted by molar-refractivity contribution is 5.99. The lowest BCUT2D eigenvalue weighted by atomic mass is 9.70. The third-order valence-electron chi connectivity index (χ3n) is 12.9. The molecule has 0 fully saturated rings. The second-order valence-corrected chi connectivity index (χ2v) is 16.2. The Bertz CT molecular complexity index is 3190. The molecule has 1 heterocycles. The minimum absolute atomic E-state index is 0.422. The van der Waals surface area contributed by atoms with Crippen molar-refractivity contribution in [3.8, 4) is 89.3 Å². The van der Waals surface area contributed by atoms with E-state index in [9.17, 15) is 0 Å². The van der Waals surface area contributed by atoms with Gasteiger partial charge in [0, 0.05) is 11.1 Å². The molecular formula is C60H39N. The van der Waals surface area contributed by atoms with Crippen molar-refractivity contribution in [1.82, 2.24) is 4.98 Å². The molecule has 61 heavy (non-hydrogen) atoms. The van der Waals surface area contributed by atoms with Crippen LogP contribution >= 0.6 is 0 Å². The molecule has 0 amide bonds. The average Bonchev–Trinajstić information content (AvgIpc) is 3.81. The molecule has 0 bridgehead atoms. The quantitative estimate of drug-likeness (QED) is 0.164. The molecule has 0 saturated heterocycles. The van der Waals surface area contributed by atoms with Gasteiger partial charge in [-0.15, -0.1) is 0 Å². The predicted octanol–water partition coefficient (Wildman–Crippen LogP) is 15.4. The normalized spacial score (nSPS) is 12.7. The number of fused-ring (bicyclic) bond motifs is 10. The Balaban J connectivity index is 1.04. The molecule has 0 saturated carbocycles. The summed E-state index contributed by atoms with van der Waals surface area (Å²) in [5.41, 5.74) is 23.8. The zero-order valence-corrected chi connectivity index (χ0v) is 33.5. The maximum absolute atomic E-state index is 5.26. The molecule has 1 nitrogen and oxygen atoms in total. The van der Waals surface area contributed by atoms with Gasteiger partial charge in [0.25, 0.3) is 0 Å². The monoisotopic (exact) mass is 773 g/mol. The van der Waals surface area contributed by atoms with Crippen molar-refractivity contribution in [2.45, 2.75) is 5.41 Å². The lowest BCUT2D eigenvalue weighted by Crippen LogP contribution is -2.25. The number of rotatable bonds is 6. The van der Waals surface area contributed by atoms with E-state index in [-0.39, 0.29) is 0 Å². The van der Waals surface area contributed by atoms with E-state index in [1.165, 1.54) is 72.3 Å². The van der Waals surface area contributed by atoms with Crippen molar-refractivity contribution in [2.24, 2.45) is 0 Å². The number of hydrogen-bond acceptors (Lipinski definition) is 1. The molecule has 12 rings (SSSR count). The minimum Gasteiger partial charge on any atom is -0.248 e. The molecule has 10 aromatic rings. The predicted molar refractivity (Wildman–Crippen MR) is 253 cm³/mol. The average molecular weight is 774 g/mol. The fourth-order valence-electron chi connectivity index (χ4n) is 10.2. The van der Waals surface area contributed by atoms with Crippen LogP contribution in [-0.2, 0) is 5.41 Å². The van der Waals surface area contributed by atoms with E-state index in [4.69, 9.17) is 4.98 Å². The van der Waals surface area contributed by atoms with Crippen LogP contribution in [0.4, 0.5) is 0 Å². The number of pyridine rings is 1. The molecule has 2 aliphatic carbocycles. The summed E-state index contributed by atoms with van der Waals surface area (Å²) in [4.78, 5) is 5.26. The van der Waals surface area contributed by atoms with Gasteiger partial charge in [-0.05, 0) is 125 Å². The Morgan fingerprint density at radius 2 is 0.623 bits per heavy atom. The van der Waals surface area contributed by atoms with Gasteiger partial charge in [-0.25, -0.2) is 4.98 Å². The van der Waals surface area contributed by atoms with Crippen LogP contribution in [0.15, 0.2) is 237 Å². The van der Waals surface area contributed by atoms with E-state index in [1.807, 2.05) is 0 Å². The summed E-state index contributed by atoms with van der Waals surface area (Å²) >= 11 is 0. The summed E-state index contributed by atoms with van der Waals surface area (Å²) in [7, 11) is 0. The van der Waals surface area contributed by atoms with E-state index >= 15 is 0 Å². The fraction of sp³-hybridized carbons (Fsp3) is 0.0167. The van der Waals surface area contributed by atoms with Crippen LogP contribution in [0.1, 0.15) is 22.3 Å². The summed E-state index contributed by atoms with van der Waals surface area (Å²) in [5.74, 6) is 0. The van der Waals surface area contributed by atoms with E-state index in [0.29, 0.717) is 0 Å².